The third-order valence-corrected chi connectivity index (χ3v) is 0. The first-order chi connectivity index (χ1) is 5.20. The van der Waals surface area contributed by atoms with Gasteiger partial charge in [0.05, 0.1) is 0 Å². The van der Waals surface area contributed by atoms with E-state index in [9.17, 15) is 0 Å². The Morgan fingerprint density at radius 1 is 0.500 bits per heavy atom. The predicted molar refractivity (Wildman–Crippen MR) is 29.4 cm³/mol. The third-order valence-electron chi connectivity index (χ3n) is 0. The van der Waals surface area contributed by atoms with E-state index in [-0.39, 0.29) is 77.7 Å². The summed E-state index contributed by atoms with van der Waals surface area (Å²) in [6.45, 7) is 0. The maximum Gasteiger partial charge on any atom is 3.00 e. The number of rotatable bonds is 0. The first-order valence-corrected chi connectivity index (χ1v) is 5.51. The van der Waals surface area contributed by atoms with Crippen molar-refractivity contribution in [2.45, 2.75) is 0 Å². The molecule has 0 fully saturated rings. The van der Waals surface area contributed by atoms with Crippen LogP contribution in [-0.2, 0) is 78.8 Å². The molecule has 0 amide bonds. The smallest absolute Gasteiger partial charge is 0.672 e. The van der Waals surface area contributed by atoms with Crippen LogP contribution < -0.4 is 41.1 Å². The van der Waals surface area contributed by atoms with E-state index in [0.717, 1.165) is 0 Å². The van der Waals surface area contributed by atoms with Gasteiger partial charge in [-0.2, -0.15) is 0 Å². The predicted octanol–water partition coefficient (Wildman–Crippen LogP) is -8.31. The minimum absolute atomic E-state index is 0. The van der Waals surface area contributed by atoms with Crippen molar-refractivity contribution in [2.24, 2.45) is 0 Å². The van der Waals surface area contributed by atoms with Crippen molar-refractivity contribution < 1.29 is 108 Å². The molecule has 0 heterocycles. The summed E-state index contributed by atoms with van der Waals surface area (Å²) in [6.07, 6.45) is 0. The van der Waals surface area contributed by atoms with Gasteiger partial charge in [-0.15, -0.1) is 0 Å². The molecule has 11 nitrogen and oxygen atoms in total. The Hall–Kier alpha value is 0.978. The van der Waals surface area contributed by atoms with E-state index in [2.05, 4.69) is 0 Å². The zero-order valence-corrected chi connectivity index (χ0v) is 16.4. The zero-order valence-electron chi connectivity index (χ0n) is 7.74. The fraction of sp³-hybridized carbons (Fsp3) is 0. The van der Waals surface area contributed by atoms with Crippen LogP contribution in [0.4, 0.5) is 0 Å². The van der Waals surface area contributed by atoms with Crippen LogP contribution in [0.1, 0.15) is 0 Å². The van der Waals surface area contributed by atoms with E-state index in [1.807, 2.05) is 0 Å². The van der Waals surface area contributed by atoms with Crippen molar-refractivity contribution >= 4 is 27.5 Å². The maximum atomic E-state index is 8.52. The minimum atomic E-state index is -3.63. The van der Waals surface area contributed by atoms with Gasteiger partial charge < -0.3 is 54.5 Å². The van der Waals surface area contributed by atoms with Gasteiger partial charge in [0, 0.05) is 27.5 Å². The second kappa shape index (κ2) is 36.0. The molecule has 0 aliphatic heterocycles. The summed E-state index contributed by atoms with van der Waals surface area (Å²) < 4.78 is 25.6. The molecule has 0 saturated heterocycles. The Morgan fingerprint density at radius 2 is 0.500 bits per heavy atom. The SMILES string of the molecule is N.N.O=[Si]([O-])[O-].O=[Si]([O-])[O-].O=[Si]([O-])[O-].[Y+3].[Y+3]. The summed E-state index contributed by atoms with van der Waals surface area (Å²) >= 11 is 0. The van der Waals surface area contributed by atoms with E-state index in [4.69, 9.17) is 42.2 Å². The quantitative estimate of drug-likeness (QED) is 0.334. The summed E-state index contributed by atoms with van der Waals surface area (Å²) in [5.41, 5.74) is 0. The molecular formula is H6N2O9Si3Y2. The van der Waals surface area contributed by atoms with Gasteiger partial charge in [-0.25, -0.2) is 0 Å². The molecule has 0 aromatic carbocycles. The molecule has 0 unspecified atom stereocenters. The van der Waals surface area contributed by atoms with Crippen molar-refractivity contribution in [3.63, 3.8) is 0 Å². The van der Waals surface area contributed by atoms with Crippen LogP contribution in [0.5, 0.6) is 0 Å². The summed E-state index contributed by atoms with van der Waals surface area (Å²) in [5, 5.41) is 0. The average molecular weight is 440 g/mol. The van der Waals surface area contributed by atoms with Crippen molar-refractivity contribution in [2.75, 3.05) is 0 Å². The Labute approximate surface area is 146 Å². The second-order valence-electron chi connectivity index (χ2n) is 0.750. The molecule has 88 valence electrons. The molecule has 0 bridgehead atoms. The van der Waals surface area contributed by atoms with Crippen molar-refractivity contribution in [1.82, 2.24) is 12.3 Å². The molecule has 16 heavy (non-hydrogen) atoms. The van der Waals surface area contributed by atoms with Gasteiger partial charge in [-0.1, -0.05) is 0 Å². The summed E-state index contributed by atoms with van der Waals surface area (Å²) in [6, 6.07) is 0. The van der Waals surface area contributed by atoms with E-state index >= 15 is 0 Å². The molecule has 0 spiro atoms. The van der Waals surface area contributed by atoms with E-state index < -0.39 is 27.5 Å². The van der Waals surface area contributed by atoms with Crippen LogP contribution in [0.25, 0.3) is 0 Å². The van der Waals surface area contributed by atoms with Crippen molar-refractivity contribution in [3.05, 3.63) is 0 Å². The topological polar surface area (TPSA) is 260 Å². The third kappa shape index (κ3) is 3060. The molecule has 0 radical (unpaired) electrons. The first kappa shape index (κ1) is 43.5. The Balaban J connectivity index is -0.0000000135. The average Bonchev–Trinajstić information content (AvgIpc) is 1.54. The molecule has 0 aromatic heterocycles. The van der Waals surface area contributed by atoms with Gasteiger partial charge in [0.25, 0.3) is 0 Å². The summed E-state index contributed by atoms with van der Waals surface area (Å²) in [7, 11) is -10.9. The molecule has 0 aliphatic rings. The number of hydrogen-bond acceptors (Lipinski definition) is 11. The zero-order chi connectivity index (χ0) is 10.7. The van der Waals surface area contributed by atoms with Gasteiger partial charge in [0.2, 0.25) is 0 Å². The van der Waals surface area contributed by atoms with E-state index in [0.29, 0.717) is 0 Å². The van der Waals surface area contributed by atoms with Crippen LogP contribution in [-0.4, -0.2) is 27.5 Å². The molecule has 0 aliphatic carbocycles. The van der Waals surface area contributed by atoms with Crippen LogP contribution in [0.15, 0.2) is 0 Å². The molecule has 6 N–H and O–H groups in total. The van der Waals surface area contributed by atoms with Gasteiger partial charge in [-0.05, 0) is 0 Å². The van der Waals surface area contributed by atoms with Gasteiger partial charge in [0.15, 0.2) is 0 Å². The summed E-state index contributed by atoms with van der Waals surface area (Å²) in [5.74, 6) is 0. The Kier molecular flexibility index (Phi) is 98.0. The Bertz CT molecular complexity index is 124. The second-order valence-corrected chi connectivity index (χ2v) is 2.25. The fourth-order valence-electron chi connectivity index (χ4n) is 0. The fourth-order valence-corrected chi connectivity index (χ4v) is 0. The largest absolute Gasteiger partial charge is 3.00 e. The van der Waals surface area contributed by atoms with Crippen molar-refractivity contribution in [3.8, 4) is 0 Å². The van der Waals surface area contributed by atoms with E-state index in [1.165, 1.54) is 0 Å². The Morgan fingerprint density at radius 3 is 0.500 bits per heavy atom. The number of hydrogen-bond donors (Lipinski definition) is 2. The van der Waals surface area contributed by atoms with Crippen LogP contribution in [0, 0.1) is 0 Å². The van der Waals surface area contributed by atoms with Crippen LogP contribution in [0.2, 0.25) is 0 Å². The van der Waals surface area contributed by atoms with Crippen molar-refractivity contribution in [1.29, 1.82) is 0 Å². The molecule has 0 saturated carbocycles. The first-order valence-electron chi connectivity index (χ1n) is 1.84. The monoisotopic (exact) mass is 440 g/mol. The molecule has 16 heteroatoms. The van der Waals surface area contributed by atoms with Gasteiger partial charge in [0.1, 0.15) is 0 Å². The molecular weight excluding hydrogens is 434 g/mol. The normalized spacial score (nSPS) is 4.50. The van der Waals surface area contributed by atoms with Gasteiger partial charge >= 0.3 is 65.4 Å². The molecule has 0 aromatic rings. The van der Waals surface area contributed by atoms with Crippen LogP contribution >= 0.6 is 0 Å². The van der Waals surface area contributed by atoms with Gasteiger partial charge in [-0.3, -0.25) is 0 Å². The van der Waals surface area contributed by atoms with E-state index in [1.54, 1.807) is 0 Å². The summed E-state index contributed by atoms with van der Waals surface area (Å²) in [4.78, 5) is 51.1. The standard InChI is InChI=1S/2H3N.3O3Si.2Y/c;;3*1-4(2)3;;/h2*1H3;;;;;/q;;3*-2;2*+3. The maximum absolute atomic E-state index is 8.52. The molecule has 0 rings (SSSR count). The van der Waals surface area contributed by atoms with Crippen LogP contribution in [0.3, 0.4) is 0 Å². The minimum Gasteiger partial charge on any atom is -0.672 e. The molecule has 0 atom stereocenters.